The molecule has 2 aromatic carbocycles. The quantitative estimate of drug-likeness (QED) is 0.643. The zero-order chi connectivity index (χ0) is 22.4. The van der Waals surface area contributed by atoms with Gasteiger partial charge in [0.05, 0.1) is 30.6 Å². The summed E-state index contributed by atoms with van der Waals surface area (Å²) >= 11 is 0. The number of carbonyl (C=O) groups is 1. The molecule has 168 valence electrons. The first-order chi connectivity index (χ1) is 14.9. The zero-order valence-electron chi connectivity index (χ0n) is 19.4. The second-order valence-electron chi connectivity index (χ2n) is 8.28. The molecular formula is C25H35N3O3. The Morgan fingerprint density at radius 3 is 2.35 bits per heavy atom. The molecule has 0 bridgehead atoms. The van der Waals surface area contributed by atoms with Crippen molar-refractivity contribution in [3.63, 3.8) is 0 Å². The first-order valence-corrected chi connectivity index (χ1v) is 11.1. The summed E-state index contributed by atoms with van der Waals surface area (Å²) in [6.45, 7) is 14.1. The Bertz CT molecular complexity index is 871. The van der Waals surface area contributed by atoms with Crippen LogP contribution in [0.4, 0.5) is 11.4 Å². The molecule has 1 aliphatic rings. The van der Waals surface area contributed by atoms with E-state index in [1.54, 1.807) is 0 Å². The Morgan fingerprint density at radius 1 is 1.06 bits per heavy atom. The number of anilines is 2. The normalized spacial score (nSPS) is 15.5. The minimum absolute atomic E-state index is 0.0345. The highest BCUT2D eigenvalue weighted by Crippen LogP contribution is 2.29. The number of hydrogen-bond acceptors (Lipinski definition) is 6. The van der Waals surface area contributed by atoms with Crippen LogP contribution < -0.4 is 15.0 Å². The summed E-state index contributed by atoms with van der Waals surface area (Å²) in [6, 6.07) is 12.0. The minimum atomic E-state index is -0.329. The molecule has 1 heterocycles. The van der Waals surface area contributed by atoms with Gasteiger partial charge >= 0.3 is 5.97 Å². The van der Waals surface area contributed by atoms with Crippen LogP contribution in [-0.2, 0) is 4.74 Å². The fourth-order valence-corrected chi connectivity index (χ4v) is 4.03. The molecule has 0 saturated carbocycles. The Labute approximate surface area is 186 Å². The maximum atomic E-state index is 12.1. The summed E-state index contributed by atoms with van der Waals surface area (Å²) < 4.78 is 11.1. The van der Waals surface area contributed by atoms with Crippen LogP contribution in [0, 0.1) is 13.8 Å². The number of methoxy groups -OCH3 is 1. The average Bonchev–Trinajstić information content (AvgIpc) is 2.76. The fraction of sp³-hybridized carbons (Fsp3) is 0.480. The number of benzene rings is 2. The number of esters is 1. The molecule has 0 spiro atoms. The molecule has 0 aliphatic carbocycles. The van der Waals surface area contributed by atoms with Crippen molar-refractivity contribution in [1.29, 1.82) is 0 Å². The van der Waals surface area contributed by atoms with Gasteiger partial charge < -0.3 is 24.6 Å². The maximum Gasteiger partial charge on any atom is 0.337 e. The van der Waals surface area contributed by atoms with E-state index in [-0.39, 0.29) is 12.1 Å². The van der Waals surface area contributed by atoms with E-state index in [0.717, 1.165) is 49.8 Å². The van der Waals surface area contributed by atoms with Gasteiger partial charge in [0.1, 0.15) is 11.9 Å². The van der Waals surface area contributed by atoms with Gasteiger partial charge in [0.15, 0.2) is 0 Å². The van der Waals surface area contributed by atoms with Crippen molar-refractivity contribution in [1.82, 2.24) is 4.90 Å². The van der Waals surface area contributed by atoms with Crippen LogP contribution >= 0.6 is 0 Å². The lowest BCUT2D eigenvalue weighted by Gasteiger charge is -2.36. The predicted molar refractivity (Wildman–Crippen MR) is 127 cm³/mol. The van der Waals surface area contributed by atoms with Crippen molar-refractivity contribution in [2.75, 3.05) is 56.6 Å². The molecule has 0 amide bonds. The Balaban J connectivity index is 1.73. The number of rotatable bonds is 8. The van der Waals surface area contributed by atoms with Crippen LogP contribution in [-0.4, -0.2) is 63.4 Å². The van der Waals surface area contributed by atoms with Gasteiger partial charge in [-0.2, -0.15) is 0 Å². The van der Waals surface area contributed by atoms with E-state index >= 15 is 0 Å². The van der Waals surface area contributed by atoms with Gasteiger partial charge in [0.25, 0.3) is 0 Å². The summed E-state index contributed by atoms with van der Waals surface area (Å²) in [6.07, 6.45) is -0.0345. The van der Waals surface area contributed by atoms with Gasteiger partial charge in [-0.15, -0.1) is 0 Å². The third kappa shape index (κ3) is 6.14. The highest BCUT2D eigenvalue weighted by atomic mass is 16.5. The molecule has 3 rings (SSSR count). The smallest absolute Gasteiger partial charge is 0.337 e. The molecule has 6 heteroatoms. The third-order valence-electron chi connectivity index (χ3n) is 5.69. The molecule has 1 aliphatic heterocycles. The lowest BCUT2D eigenvalue weighted by molar-refractivity contribution is 0.0601. The number of ether oxygens (including phenoxy) is 2. The van der Waals surface area contributed by atoms with E-state index in [9.17, 15) is 4.79 Å². The molecular weight excluding hydrogens is 390 g/mol. The predicted octanol–water partition coefficient (Wildman–Crippen LogP) is 4.11. The van der Waals surface area contributed by atoms with Crippen molar-refractivity contribution in [3.05, 3.63) is 53.1 Å². The van der Waals surface area contributed by atoms with Gasteiger partial charge in [-0.3, -0.25) is 0 Å². The van der Waals surface area contributed by atoms with Crippen LogP contribution in [0.25, 0.3) is 0 Å². The van der Waals surface area contributed by atoms with E-state index in [4.69, 9.17) is 9.47 Å². The number of nitrogens with one attached hydrogen (secondary N) is 1. The fourth-order valence-electron chi connectivity index (χ4n) is 4.03. The van der Waals surface area contributed by atoms with Crippen LogP contribution in [0.15, 0.2) is 36.4 Å². The number of aryl methyl sites for hydroxylation is 2. The van der Waals surface area contributed by atoms with E-state index in [0.29, 0.717) is 12.1 Å². The lowest BCUT2D eigenvalue weighted by atomic mass is 10.1. The third-order valence-corrected chi connectivity index (χ3v) is 5.69. The van der Waals surface area contributed by atoms with Crippen LogP contribution in [0.3, 0.4) is 0 Å². The standard InChI is InChI=1S/C25H35N3O3/c1-6-27-9-11-28(12-10-27)24-8-7-21(25(29)30-5)16-23(24)26-17-20(4)31-22-14-18(2)13-19(3)15-22/h7-8,13-16,20,26H,6,9-12,17H2,1-5H3. The summed E-state index contributed by atoms with van der Waals surface area (Å²) in [5.74, 6) is 0.552. The van der Waals surface area contributed by atoms with Crippen molar-refractivity contribution >= 4 is 17.3 Å². The van der Waals surface area contributed by atoms with E-state index < -0.39 is 0 Å². The summed E-state index contributed by atoms with van der Waals surface area (Å²) in [5, 5.41) is 3.52. The van der Waals surface area contributed by atoms with Gasteiger partial charge in [-0.25, -0.2) is 4.79 Å². The summed E-state index contributed by atoms with van der Waals surface area (Å²) in [5.41, 5.74) is 4.97. The van der Waals surface area contributed by atoms with E-state index in [2.05, 4.69) is 61.0 Å². The van der Waals surface area contributed by atoms with Crippen LogP contribution in [0.1, 0.15) is 35.3 Å². The molecule has 1 N–H and O–H groups in total. The van der Waals surface area contributed by atoms with Gasteiger partial charge in [-0.1, -0.05) is 13.0 Å². The van der Waals surface area contributed by atoms with Gasteiger partial charge in [0.2, 0.25) is 0 Å². The summed E-state index contributed by atoms with van der Waals surface area (Å²) in [4.78, 5) is 16.9. The van der Waals surface area contributed by atoms with Crippen molar-refractivity contribution in [2.45, 2.75) is 33.8 Å². The van der Waals surface area contributed by atoms with Crippen LogP contribution in [0.2, 0.25) is 0 Å². The van der Waals surface area contributed by atoms with Crippen molar-refractivity contribution < 1.29 is 14.3 Å². The molecule has 31 heavy (non-hydrogen) atoms. The first-order valence-electron chi connectivity index (χ1n) is 11.1. The highest BCUT2D eigenvalue weighted by molar-refractivity contribution is 5.92. The first kappa shape index (κ1) is 22.9. The minimum Gasteiger partial charge on any atom is -0.489 e. The molecule has 6 nitrogen and oxygen atoms in total. The molecule has 2 aromatic rings. The van der Waals surface area contributed by atoms with E-state index in [1.807, 2.05) is 18.2 Å². The lowest BCUT2D eigenvalue weighted by Crippen LogP contribution is -2.46. The van der Waals surface area contributed by atoms with Gasteiger partial charge in [-0.05, 0) is 68.8 Å². The molecule has 0 radical (unpaired) electrons. The number of hydrogen-bond donors (Lipinski definition) is 1. The topological polar surface area (TPSA) is 54.0 Å². The number of piperazine rings is 1. The second kappa shape index (κ2) is 10.5. The van der Waals surface area contributed by atoms with Crippen molar-refractivity contribution in [3.8, 4) is 5.75 Å². The molecule has 1 atom stereocenters. The SMILES string of the molecule is CCN1CCN(c2ccc(C(=O)OC)cc2NCC(C)Oc2cc(C)cc(C)c2)CC1. The van der Waals surface area contributed by atoms with Crippen molar-refractivity contribution in [2.24, 2.45) is 0 Å². The molecule has 1 fully saturated rings. The van der Waals surface area contributed by atoms with Gasteiger partial charge in [0, 0.05) is 26.2 Å². The van der Waals surface area contributed by atoms with E-state index in [1.165, 1.54) is 18.2 Å². The molecule has 1 unspecified atom stereocenters. The second-order valence-corrected chi connectivity index (χ2v) is 8.28. The molecule has 0 aromatic heterocycles. The molecule has 1 saturated heterocycles. The van der Waals surface area contributed by atoms with Crippen LogP contribution in [0.5, 0.6) is 5.75 Å². The number of nitrogens with zero attached hydrogens (tertiary/aromatic N) is 2. The Morgan fingerprint density at radius 2 is 1.74 bits per heavy atom. The Hall–Kier alpha value is -2.73. The maximum absolute atomic E-state index is 12.1. The monoisotopic (exact) mass is 425 g/mol. The highest BCUT2D eigenvalue weighted by Gasteiger charge is 2.20. The Kier molecular flexibility index (Phi) is 7.80. The number of carbonyl (C=O) groups excluding carboxylic acids is 1. The average molecular weight is 426 g/mol. The largest absolute Gasteiger partial charge is 0.489 e. The number of likely N-dealkylation sites (N-methyl/N-ethyl adjacent to an activating group) is 1. The summed E-state index contributed by atoms with van der Waals surface area (Å²) in [7, 11) is 1.41. The zero-order valence-corrected chi connectivity index (χ0v) is 19.4.